The van der Waals surface area contributed by atoms with E-state index in [2.05, 4.69) is 10.2 Å². The van der Waals surface area contributed by atoms with Crippen LogP contribution in [0, 0.1) is 0 Å². The molecule has 112 valence electrons. The summed E-state index contributed by atoms with van der Waals surface area (Å²) in [6.07, 6.45) is 3.20. The number of fused-ring (bicyclic) bond motifs is 1. The average molecular weight is 298 g/mol. The zero-order valence-electron chi connectivity index (χ0n) is 11.9. The minimum atomic E-state index is 0.0866. The van der Waals surface area contributed by atoms with E-state index in [1.54, 1.807) is 30.6 Å². The van der Waals surface area contributed by atoms with E-state index in [4.69, 9.17) is 14.2 Å². The average Bonchev–Trinajstić information content (AvgIpc) is 3.00. The number of hydrogen-bond acceptors (Lipinski definition) is 6. The summed E-state index contributed by atoms with van der Waals surface area (Å²) in [6, 6.07) is 10.5. The first-order valence-corrected chi connectivity index (χ1v) is 6.59. The van der Waals surface area contributed by atoms with Crippen molar-refractivity contribution in [3.8, 4) is 23.0 Å². The molecule has 22 heavy (non-hydrogen) atoms. The van der Waals surface area contributed by atoms with Crippen LogP contribution in [0.2, 0.25) is 0 Å². The largest absolute Gasteiger partial charge is 0.504 e. The summed E-state index contributed by atoms with van der Waals surface area (Å²) < 4.78 is 15.6. The number of phenols is 1. The molecule has 6 nitrogen and oxygen atoms in total. The highest BCUT2D eigenvalue weighted by Crippen LogP contribution is 2.32. The van der Waals surface area contributed by atoms with Crippen molar-refractivity contribution in [2.45, 2.75) is 0 Å². The molecule has 0 aliphatic carbocycles. The maximum Gasteiger partial charge on any atom is 0.231 e. The summed E-state index contributed by atoms with van der Waals surface area (Å²) in [5.41, 5.74) is 1.64. The first-order chi connectivity index (χ1) is 10.8. The summed E-state index contributed by atoms with van der Waals surface area (Å²) in [6.45, 7) is 0.247. The molecule has 2 aromatic carbocycles. The molecule has 1 N–H and O–H groups in total. The SMILES string of the molecule is COc1cc(C=NN=Cc2ccc3c(c2)OCO3)ccc1O. The van der Waals surface area contributed by atoms with Crippen molar-refractivity contribution in [3.05, 3.63) is 47.5 Å². The summed E-state index contributed by atoms with van der Waals surface area (Å²) in [4.78, 5) is 0. The Labute approximate surface area is 127 Å². The quantitative estimate of drug-likeness (QED) is 0.695. The lowest BCUT2D eigenvalue weighted by Gasteiger charge is -2.02. The Bertz CT molecular complexity index is 722. The second-order valence-corrected chi connectivity index (χ2v) is 4.53. The van der Waals surface area contributed by atoms with Crippen molar-refractivity contribution >= 4 is 12.4 Å². The van der Waals surface area contributed by atoms with E-state index in [1.165, 1.54) is 7.11 Å². The number of aromatic hydroxyl groups is 1. The summed E-state index contributed by atoms with van der Waals surface area (Å²) >= 11 is 0. The third-order valence-electron chi connectivity index (χ3n) is 3.08. The van der Waals surface area contributed by atoms with Crippen LogP contribution in [0.1, 0.15) is 11.1 Å². The summed E-state index contributed by atoms with van der Waals surface area (Å²) in [7, 11) is 1.49. The first kappa shape index (κ1) is 13.9. The molecule has 1 aliphatic rings. The molecule has 2 aromatic rings. The molecule has 0 aromatic heterocycles. The molecule has 0 saturated carbocycles. The fourth-order valence-electron chi connectivity index (χ4n) is 1.97. The number of hydrogen-bond donors (Lipinski definition) is 1. The van der Waals surface area contributed by atoms with E-state index < -0.39 is 0 Å². The number of methoxy groups -OCH3 is 1. The number of ether oxygens (including phenoxy) is 3. The molecule has 0 fully saturated rings. The van der Waals surface area contributed by atoms with Crippen molar-refractivity contribution in [3.63, 3.8) is 0 Å². The highest BCUT2D eigenvalue weighted by Gasteiger charge is 2.12. The third kappa shape index (κ3) is 3.01. The molecule has 0 unspecified atom stereocenters. The van der Waals surface area contributed by atoms with Gasteiger partial charge in [0.1, 0.15) is 0 Å². The molecule has 6 heteroatoms. The smallest absolute Gasteiger partial charge is 0.231 e. The minimum Gasteiger partial charge on any atom is -0.504 e. The number of nitrogens with zero attached hydrogens (tertiary/aromatic N) is 2. The van der Waals surface area contributed by atoms with E-state index in [0.717, 1.165) is 16.9 Å². The van der Waals surface area contributed by atoms with Gasteiger partial charge < -0.3 is 19.3 Å². The fourth-order valence-corrected chi connectivity index (χ4v) is 1.97. The Hall–Kier alpha value is -3.02. The molecule has 3 rings (SSSR count). The second kappa shape index (κ2) is 6.17. The Morgan fingerprint density at radius 2 is 1.68 bits per heavy atom. The molecular weight excluding hydrogens is 284 g/mol. The normalized spacial score (nSPS) is 13.1. The van der Waals surface area contributed by atoms with Crippen LogP contribution in [-0.2, 0) is 0 Å². The number of benzene rings is 2. The zero-order chi connectivity index (χ0) is 15.4. The van der Waals surface area contributed by atoms with Crippen molar-refractivity contribution < 1.29 is 19.3 Å². The molecule has 0 bridgehead atoms. The molecule has 0 radical (unpaired) electrons. The Kier molecular flexibility index (Phi) is 3.91. The van der Waals surface area contributed by atoms with Crippen LogP contribution in [0.5, 0.6) is 23.0 Å². The fraction of sp³-hybridized carbons (Fsp3) is 0.125. The Morgan fingerprint density at radius 1 is 1.00 bits per heavy atom. The highest BCUT2D eigenvalue weighted by atomic mass is 16.7. The molecule has 0 spiro atoms. The zero-order valence-corrected chi connectivity index (χ0v) is 11.9. The van der Waals surface area contributed by atoms with Crippen LogP contribution < -0.4 is 14.2 Å². The summed E-state index contributed by atoms with van der Waals surface area (Å²) in [5, 5.41) is 17.5. The minimum absolute atomic E-state index is 0.0866. The second-order valence-electron chi connectivity index (χ2n) is 4.53. The monoisotopic (exact) mass is 298 g/mol. The van der Waals surface area contributed by atoms with Gasteiger partial charge in [-0.25, -0.2) is 0 Å². The maximum atomic E-state index is 9.51. The van der Waals surface area contributed by atoms with E-state index in [1.807, 2.05) is 18.2 Å². The van der Waals surface area contributed by atoms with Gasteiger partial charge in [-0.3, -0.25) is 0 Å². The Morgan fingerprint density at radius 3 is 2.45 bits per heavy atom. The van der Waals surface area contributed by atoms with E-state index in [9.17, 15) is 5.11 Å². The van der Waals surface area contributed by atoms with Gasteiger partial charge in [-0.15, -0.1) is 0 Å². The van der Waals surface area contributed by atoms with Crippen LogP contribution >= 0.6 is 0 Å². The molecule has 0 amide bonds. The van der Waals surface area contributed by atoms with Crippen molar-refractivity contribution in [1.82, 2.24) is 0 Å². The topological polar surface area (TPSA) is 72.6 Å². The number of rotatable bonds is 4. The maximum absolute atomic E-state index is 9.51. The predicted octanol–water partition coefficient (Wildman–Crippen LogP) is 2.58. The standard InChI is InChI=1S/C16H14N2O4/c1-20-15-6-11(2-4-13(15)19)8-17-18-9-12-3-5-14-16(7-12)22-10-21-14/h2-9,19H,10H2,1H3. The van der Waals surface area contributed by atoms with Gasteiger partial charge >= 0.3 is 0 Å². The molecule has 0 saturated heterocycles. The van der Waals surface area contributed by atoms with Gasteiger partial charge in [0, 0.05) is 0 Å². The van der Waals surface area contributed by atoms with Gasteiger partial charge in [0.2, 0.25) is 6.79 Å². The van der Waals surface area contributed by atoms with Crippen molar-refractivity contribution in [2.75, 3.05) is 13.9 Å². The molecule has 0 atom stereocenters. The Balaban J connectivity index is 1.69. The van der Waals surface area contributed by atoms with Crippen LogP contribution in [0.3, 0.4) is 0 Å². The van der Waals surface area contributed by atoms with Crippen molar-refractivity contribution in [1.29, 1.82) is 0 Å². The van der Waals surface area contributed by atoms with Crippen LogP contribution in [-0.4, -0.2) is 31.4 Å². The van der Waals surface area contributed by atoms with Crippen LogP contribution in [0.4, 0.5) is 0 Å². The van der Waals surface area contributed by atoms with Gasteiger partial charge in [0.05, 0.1) is 19.5 Å². The lowest BCUT2D eigenvalue weighted by atomic mass is 10.2. The molecular formula is C16H14N2O4. The van der Waals surface area contributed by atoms with Gasteiger partial charge in [0.15, 0.2) is 23.0 Å². The predicted molar refractivity (Wildman–Crippen MR) is 82.4 cm³/mol. The van der Waals surface area contributed by atoms with Gasteiger partial charge in [-0.1, -0.05) is 0 Å². The van der Waals surface area contributed by atoms with E-state index in [-0.39, 0.29) is 12.5 Å². The van der Waals surface area contributed by atoms with Gasteiger partial charge in [-0.2, -0.15) is 10.2 Å². The van der Waals surface area contributed by atoms with Gasteiger partial charge in [-0.05, 0) is 47.5 Å². The number of phenolic OH excluding ortho intramolecular Hbond substituents is 1. The first-order valence-electron chi connectivity index (χ1n) is 6.59. The van der Waals surface area contributed by atoms with Gasteiger partial charge in [0.25, 0.3) is 0 Å². The lowest BCUT2D eigenvalue weighted by Crippen LogP contribution is -1.92. The summed E-state index contributed by atoms with van der Waals surface area (Å²) in [5.74, 6) is 1.92. The lowest BCUT2D eigenvalue weighted by molar-refractivity contribution is 0.174. The third-order valence-corrected chi connectivity index (χ3v) is 3.08. The van der Waals surface area contributed by atoms with E-state index in [0.29, 0.717) is 11.5 Å². The van der Waals surface area contributed by atoms with Crippen molar-refractivity contribution in [2.24, 2.45) is 10.2 Å². The van der Waals surface area contributed by atoms with Crippen LogP contribution in [0.15, 0.2) is 46.6 Å². The highest BCUT2D eigenvalue weighted by molar-refractivity contribution is 5.84. The molecule has 1 aliphatic heterocycles. The van der Waals surface area contributed by atoms with Crippen LogP contribution in [0.25, 0.3) is 0 Å². The van der Waals surface area contributed by atoms with E-state index >= 15 is 0 Å². The molecule has 1 heterocycles.